The van der Waals surface area contributed by atoms with Crippen LogP contribution in [0.25, 0.3) is 10.8 Å². The van der Waals surface area contributed by atoms with Crippen molar-refractivity contribution in [2.24, 2.45) is 0 Å². The van der Waals surface area contributed by atoms with Gasteiger partial charge in [0.2, 0.25) is 0 Å². The third-order valence-electron chi connectivity index (χ3n) is 3.96. The van der Waals surface area contributed by atoms with E-state index in [9.17, 15) is 4.79 Å². The molecule has 0 saturated heterocycles. The van der Waals surface area contributed by atoms with Crippen molar-refractivity contribution < 1.29 is 14.3 Å². The second-order valence-electron chi connectivity index (χ2n) is 5.10. The molecule has 2 aromatic rings. The average molecular weight is 287 g/mol. The topological polar surface area (TPSA) is 47.6 Å². The number of carbonyl (C=O) groups excluding carboxylic acids is 1. The van der Waals surface area contributed by atoms with Crippen molar-refractivity contribution in [2.45, 2.75) is 25.9 Å². The maximum absolute atomic E-state index is 12.4. The van der Waals surface area contributed by atoms with Gasteiger partial charge in [-0.05, 0) is 25.5 Å². The summed E-state index contributed by atoms with van der Waals surface area (Å²) in [6.45, 7) is 3.71. The molecule has 0 spiro atoms. The minimum atomic E-state index is -0.832. The summed E-state index contributed by atoms with van der Waals surface area (Å²) in [5.41, 5.74) is -0.0748. The number of nitrogens with one attached hydrogen (secondary N) is 1. The van der Waals surface area contributed by atoms with Crippen LogP contribution in [0.3, 0.4) is 0 Å². The number of fused-ring (bicyclic) bond motifs is 1. The molecular formula is C17H21NO3. The molecule has 0 aliphatic heterocycles. The van der Waals surface area contributed by atoms with Crippen LogP contribution < -0.4 is 10.1 Å². The van der Waals surface area contributed by atoms with Gasteiger partial charge in [-0.15, -0.1) is 0 Å². The Balaban J connectivity index is 2.42. The number of hydrogen-bond donors (Lipinski definition) is 1. The summed E-state index contributed by atoms with van der Waals surface area (Å²) in [5.74, 6) is 0.636. The van der Waals surface area contributed by atoms with Crippen LogP contribution in [-0.2, 0) is 9.53 Å². The SMILES string of the molecule is CC[C@@](C)(OC)C(=O)Nc1ccc(OC)c2ccccc12. The normalized spacial score (nSPS) is 13.7. The second kappa shape index (κ2) is 6.14. The molecule has 0 aliphatic rings. The number of amides is 1. The van der Waals surface area contributed by atoms with Crippen molar-refractivity contribution in [1.29, 1.82) is 0 Å². The van der Waals surface area contributed by atoms with Crippen LogP contribution in [0.15, 0.2) is 36.4 Å². The standard InChI is InChI=1S/C17H21NO3/c1-5-17(2,21-4)16(19)18-14-10-11-15(20-3)13-9-7-6-8-12(13)14/h6-11H,5H2,1-4H3,(H,18,19)/t17-/m1/s1. The Hall–Kier alpha value is -2.07. The molecule has 0 bridgehead atoms. The molecule has 2 rings (SSSR count). The first-order chi connectivity index (χ1) is 10.1. The first kappa shape index (κ1) is 15.3. The molecule has 0 saturated carbocycles. The summed E-state index contributed by atoms with van der Waals surface area (Å²) in [6.07, 6.45) is 0.601. The summed E-state index contributed by atoms with van der Waals surface area (Å²) in [6, 6.07) is 11.5. The Morgan fingerprint density at radius 3 is 2.38 bits per heavy atom. The van der Waals surface area contributed by atoms with Gasteiger partial charge in [0, 0.05) is 23.6 Å². The minimum absolute atomic E-state index is 0.150. The van der Waals surface area contributed by atoms with Crippen LogP contribution >= 0.6 is 0 Å². The van der Waals surface area contributed by atoms with Crippen LogP contribution in [0, 0.1) is 0 Å². The lowest BCUT2D eigenvalue weighted by Gasteiger charge is -2.25. The van der Waals surface area contributed by atoms with Crippen molar-refractivity contribution in [3.8, 4) is 5.75 Å². The largest absolute Gasteiger partial charge is 0.496 e. The molecule has 0 fully saturated rings. The van der Waals surface area contributed by atoms with Crippen molar-refractivity contribution in [2.75, 3.05) is 19.5 Å². The fourth-order valence-electron chi connectivity index (χ4n) is 2.21. The Morgan fingerprint density at radius 1 is 1.14 bits per heavy atom. The van der Waals surface area contributed by atoms with E-state index >= 15 is 0 Å². The summed E-state index contributed by atoms with van der Waals surface area (Å²) in [5, 5.41) is 4.87. The Labute approximate surface area is 125 Å². The average Bonchev–Trinajstić information content (AvgIpc) is 2.54. The highest BCUT2D eigenvalue weighted by atomic mass is 16.5. The molecule has 0 aliphatic carbocycles. The van der Waals surface area contributed by atoms with E-state index in [1.165, 1.54) is 0 Å². The lowest BCUT2D eigenvalue weighted by atomic mass is 10.0. The monoisotopic (exact) mass is 287 g/mol. The van der Waals surface area contributed by atoms with Gasteiger partial charge in [0.1, 0.15) is 11.4 Å². The molecule has 2 aromatic carbocycles. The number of carbonyl (C=O) groups is 1. The molecule has 112 valence electrons. The Bertz CT molecular complexity index is 648. The van der Waals surface area contributed by atoms with Gasteiger partial charge >= 0.3 is 0 Å². The van der Waals surface area contributed by atoms with E-state index in [-0.39, 0.29) is 5.91 Å². The van der Waals surface area contributed by atoms with Crippen molar-refractivity contribution in [3.05, 3.63) is 36.4 Å². The van der Waals surface area contributed by atoms with E-state index in [1.54, 1.807) is 21.1 Å². The number of ether oxygens (including phenoxy) is 2. The van der Waals surface area contributed by atoms with Gasteiger partial charge in [-0.25, -0.2) is 0 Å². The predicted octanol–water partition coefficient (Wildman–Crippen LogP) is 3.60. The van der Waals surface area contributed by atoms with Gasteiger partial charge in [-0.3, -0.25) is 4.79 Å². The van der Waals surface area contributed by atoms with Crippen LogP contribution in [0.1, 0.15) is 20.3 Å². The van der Waals surface area contributed by atoms with Gasteiger partial charge in [-0.1, -0.05) is 31.2 Å². The molecule has 21 heavy (non-hydrogen) atoms. The smallest absolute Gasteiger partial charge is 0.256 e. The second-order valence-corrected chi connectivity index (χ2v) is 5.10. The minimum Gasteiger partial charge on any atom is -0.496 e. The third kappa shape index (κ3) is 2.85. The highest BCUT2D eigenvalue weighted by molar-refractivity contribution is 6.06. The van der Waals surface area contributed by atoms with Gasteiger partial charge in [0.05, 0.1) is 7.11 Å². The fourth-order valence-corrected chi connectivity index (χ4v) is 2.21. The summed E-state index contributed by atoms with van der Waals surface area (Å²) in [7, 11) is 3.19. The van der Waals surface area contributed by atoms with E-state index in [4.69, 9.17) is 9.47 Å². The number of methoxy groups -OCH3 is 2. The highest BCUT2D eigenvalue weighted by Crippen LogP contribution is 2.32. The zero-order chi connectivity index (χ0) is 15.5. The Kier molecular flexibility index (Phi) is 4.48. The van der Waals surface area contributed by atoms with Gasteiger partial charge < -0.3 is 14.8 Å². The van der Waals surface area contributed by atoms with Crippen molar-refractivity contribution in [1.82, 2.24) is 0 Å². The Morgan fingerprint density at radius 2 is 1.81 bits per heavy atom. The van der Waals surface area contributed by atoms with E-state index in [0.29, 0.717) is 6.42 Å². The zero-order valence-electron chi connectivity index (χ0n) is 12.9. The van der Waals surface area contributed by atoms with E-state index < -0.39 is 5.60 Å². The van der Waals surface area contributed by atoms with Crippen molar-refractivity contribution >= 4 is 22.4 Å². The van der Waals surface area contributed by atoms with Crippen LogP contribution in [0.2, 0.25) is 0 Å². The molecule has 1 N–H and O–H groups in total. The first-order valence-corrected chi connectivity index (χ1v) is 6.98. The number of hydrogen-bond acceptors (Lipinski definition) is 3. The lowest BCUT2D eigenvalue weighted by molar-refractivity contribution is -0.136. The highest BCUT2D eigenvalue weighted by Gasteiger charge is 2.31. The van der Waals surface area contributed by atoms with Gasteiger partial charge in [0.25, 0.3) is 5.91 Å². The van der Waals surface area contributed by atoms with E-state index in [2.05, 4.69) is 5.32 Å². The quantitative estimate of drug-likeness (QED) is 0.914. The number of anilines is 1. The summed E-state index contributed by atoms with van der Waals surface area (Å²) >= 11 is 0. The fraction of sp³-hybridized carbons (Fsp3) is 0.353. The maximum atomic E-state index is 12.4. The first-order valence-electron chi connectivity index (χ1n) is 6.98. The lowest BCUT2D eigenvalue weighted by Crippen LogP contribution is -2.41. The molecule has 1 amide bonds. The van der Waals surface area contributed by atoms with Crippen LogP contribution in [0.5, 0.6) is 5.75 Å². The summed E-state index contributed by atoms with van der Waals surface area (Å²) < 4.78 is 10.7. The molecular weight excluding hydrogens is 266 g/mol. The van der Waals surface area contributed by atoms with E-state index in [0.717, 1.165) is 22.2 Å². The van der Waals surface area contributed by atoms with Crippen LogP contribution in [-0.4, -0.2) is 25.7 Å². The molecule has 4 nitrogen and oxygen atoms in total. The van der Waals surface area contributed by atoms with E-state index in [1.807, 2.05) is 43.3 Å². The predicted molar refractivity (Wildman–Crippen MR) is 84.8 cm³/mol. The maximum Gasteiger partial charge on any atom is 0.256 e. The number of rotatable bonds is 5. The number of benzene rings is 2. The molecule has 0 unspecified atom stereocenters. The summed E-state index contributed by atoms with van der Waals surface area (Å²) in [4.78, 5) is 12.4. The molecule has 4 heteroatoms. The van der Waals surface area contributed by atoms with Crippen molar-refractivity contribution in [3.63, 3.8) is 0 Å². The zero-order valence-corrected chi connectivity index (χ0v) is 12.9. The van der Waals surface area contributed by atoms with Crippen LogP contribution in [0.4, 0.5) is 5.69 Å². The molecule has 0 aromatic heterocycles. The van der Waals surface area contributed by atoms with Gasteiger partial charge in [-0.2, -0.15) is 0 Å². The molecule has 0 heterocycles. The third-order valence-corrected chi connectivity index (χ3v) is 3.96. The molecule has 0 radical (unpaired) electrons. The molecule has 1 atom stereocenters. The van der Waals surface area contributed by atoms with Gasteiger partial charge in [0.15, 0.2) is 0 Å².